The Morgan fingerprint density at radius 1 is 1.60 bits per heavy atom. The molecule has 0 aliphatic rings. The minimum atomic E-state index is -0.240. The van der Waals surface area contributed by atoms with Crippen LogP contribution in [0.4, 0.5) is 10.1 Å². The van der Waals surface area contributed by atoms with Crippen LogP contribution in [-0.4, -0.2) is 6.04 Å². The molecular weight excluding hydrogens is 257 g/mol. The molecule has 0 heterocycles. The molecule has 0 saturated heterocycles. The van der Waals surface area contributed by atoms with Crippen LogP contribution in [0.25, 0.3) is 0 Å². The maximum absolute atomic E-state index is 13.2. The van der Waals surface area contributed by atoms with Gasteiger partial charge in [0.1, 0.15) is 5.82 Å². The van der Waals surface area contributed by atoms with Crippen LogP contribution in [0.3, 0.4) is 0 Å². The van der Waals surface area contributed by atoms with Crippen molar-refractivity contribution in [2.45, 2.75) is 25.8 Å². The van der Waals surface area contributed by atoms with Gasteiger partial charge in [-0.05, 0) is 53.9 Å². The topological polar surface area (TPSA) is 12.0 Å². The second kappa shape index (κ2) is 5.91. The van der Waals surface area contributed by atoms with E-state index in [-0.39, 0.29) is 5.82 Å². The zero-order chi connectivity index (χ0) is 11.3. The molecular formula is C12H15BrFN. The van der Waals surface area contributed by atoms with E-state index in [0.717, 1.165) is 18.5 Å². The van der Waals surface area contributed by atoms with Gasteiger partial charge in [-0.15, -0.1) is 6.58 Å². The molecule has 1 N–H and O–H groups in total. The number of benzene rings is 1. The molecule has 82 valence electrons. The molecule has 1 aromatic rings. The molecule has 0 spiro atoms. The number of hydrogen-bond acceptors (Lipinski definition) is 1. The first-order chi connectivity index (χ1) is 7.13. The Balaban J connectivity index is 2.56. The normalized spacial score (nSPS) is 12.2. The van der Waals surface area contributed by atoms with Crippen LogP contribution in [0, 0.1) is 5.82 Å². The summed E-state index contributed by atoms with van der Waals surface area (Å²) in [5, 5.41) is 3.24. The molecule has 1 rings (SSSR count). The van der Waals surface area contributed by atoms with Crippen LogP contribution in [0.15, 0.2) is 35.3 Å². The quantitative estimate of drug-likeness (QED) is 0.785. The maximum Gasteiger partial charge on any atom is 0.139 e. The van der Waals surface area contributed by atoms with Crippen LogP contribution < -0.4 is 5.32 Å². The molecule has 0 aliphatic carbocycles. The van der Waals surface area contributed by atoms with E-state index in [9.17, 15) is 4.39 Å². The van der Waals surface area contributed by atoms with Crippen molar-refractivity contribution in [3.05, 3.63) is 41.1 Å². The molecule has 0 fully saturated rings. The Hall–Kier alpha value is -0.830. The Kier molecular flexibility index (Phi) is 4.82. The average molecular weight is 272 g/mol. The smallest absolute Gasteiger partial charge is 0.139 e. The zero-order valence-corrected chi connectivity index (χ0v) is 10.3. The molecule has 1 aromatic carbocycles. The Morgan fingerprint density at radius 2 is 2.33 bits per heavy atom. The van der Waals surface area contributed by atoms with E-state index in [1.54, 1.807) is 6.07 Å². The van der Waals surface area contributed by atoms with Gasteiger partial charge in [0.15, 0.2) is 0 Å². The SMILES string of the molecule is C=CCCC(C)Nc1ccc(Br)c(F)c1. The van der Waals surface area contributed by atoms with Gasteiger partial charge in [-0.2, -0.15) is 0 Å². The van der Waals surface area contributed by atoms with E-state index in [4.69, 9.17) is 0 Å². The summed E-state index contributed by atoms with van der Waals surface area (Å²) in [5.41, 5.74) is 0.812. The predicted molar refractivity (Wildman–Crippen MR) is 66.6 cm³/mol. The summed E-state index contributed by atoms with van der Waals surface area (Å²) in [7, 11) is 0. The van der Waals surface area contributed by atoms with Crippen molar-refractivity contribution in [3.8, 4) is 0 Å². The first-order valence-corrected chi connectivity index (χ1v) is 5.75. The second-order valence-corrected chi connectivity index (χ2v) is 4.39. The largest absolute Gasteiger partial charge is 0.382 e. The van der Waals surface area contributed by atoms with Gasteiger partial charge in [0, 0.05) is 11.7 Å². The lowest BCUT2D eigenvalue weighted by atomic mass is 10.1. The van der Waals surface area contributed by atoms with Crippen LogP contribution in [0.2, 0.25) is 0 Å². The van der Waals surface area contributed by atoms with Crippen LogP contribution in [0.5, 0.6) is 0 Å². The fourth-order valence-electron chi connectivity index (χ4n) is 1.31. The third kappa shape index (κ3) is 4.04. The van der Waals surface area contributed by atoms with Gasteiger partial charge < -0.3 is 5.32 Å². The van der Waals surface area contributed by atoms with E-state index in [2.05, 4.69) is 34.7 Å². The number of nitrogens with one attached hydrogen (secondary N) is 1. The molecule has 0 aliphatic heterocycles. The third-order valence-electron chi connectivity index (χ3n) is 2.14. The molecule has 0 radical (unpaired) electrons. The summed E-state index contributed by atoms with van der Waals surface area (Å²) in [5.74, 6) is -0.240. The molecule has 0 bridgehead atoms. The van der Waals surface area contributed by atoms with Crippen molar-refractivity contribution in [2.75, 3.05) is 5.32 Å². The molecule has 1 atom stereocenters. The summed E-state index contributed by atoms with van der Waals surface area (Å²) in [6, 6.07) is 5.38. The number of anilines is 1. The van der Waals surface area contributed by atoms with Gasteiger partial charge in [0.2, 0.25) is 0 Å². The lowest BCUT2D eigenvalue weighted by molar-refractivity contribution is 0.620. The number of allylic oxidation sites excluding steroid dienone is 1. The van der Waals surface area contributed by atoms with Gasteiger partial charge in [0.25, 0.3) is 0 Å². The predicted octanol–water partition coefficient (Wildman–Crippen LogP) is 4.35. The first-order valence-electron chi connectivity index (χ1n) is 4.96. The standard InChI is InChI=1S/C12H15BrFN/c1-3-4-5-9(2)15-10-6-7-11(13)12(14)8-10/h3,6-9,15H,1,4-5H2,2H3. The van der Waals surface area contributed by atoms with Crippen LogP contribution in [-0.2, 0) is 0 Å². The molecule has 15 heavy (non-hydrogen) atoms. The molecule has 0 amide bonds. The Labute approximate surface area is 98.5 Å². The van der Waals surface area contributed by atoms with Gasteiger partial charge in [-0.25, -0.2) is 4.39 Å². The van der Waals surface area contributed by atoms with E-state index in [1.807, 2.05) is 12.1 Å². The maximum atomic E-state index is 13.2. The second-order valence-electron chi connectivity index (χ2n) is 3.54. The zero-order valence-electron chi connectivity index (χ0n) is 8.76. The van der Waals surface area contributed by atoms with E-state index in [1.165, 1.54) is 6.07 Å². The first kappa shape index (κ1) is 12.2. The Morgan fingerprint density at radius 3 is 2.93 bits per heavy atom. The fraction of sp³-hybridized carbons (Fsp3) is 0.333. The van der Waals surface area contributed by atoms with Crippen molar-refractivity contribution in [3.63, 3.8) is 0 Å². The van der Waals surface area contributed by atoms with Crippen molar-refractivity contribution >= 4 is 21.6 Å². The summed E-state index contributed by atoms with van der Waals surface area (Å²) < 4.78 is 13.7. The summed E-state index contributed by atoms with van der Waals surface area (Å²) in [4.78, 5) is 0. The van der Waals surface area contributed by atoms with Gasteiger partial charge in [-0.1, -0.05) is 6.08 Å². The van der Waals surface area contributed by atoms with Crippen LogP contribution >= 0.6 is 15.9 Å². The summed E-state index contributed by atoms with van der Waals surface area (Å²) in [6.45, 7) is 5.74. The minimum absolute atomic E-state index is 0.240. The highest BCUT2D eigenvalue weighted by molar-refractivity contribution is 9.10. The van der Waals surface area contributed by atoms with Crippen molar-refractivity contribution in [1.82, 2.24) is 0 Å². The lowest BCUT2D eigenvalue weighted by Gasteiger charge is -2.14. The number of hydrogen-bond donors (Lipinski definition) is 1. The lowest BCUT2D eigenvalue weighted by Crippen LogP contribution is -2.14. The fourth-order valence-corrected chi connectivity index (χ4v) is 1.56. The van der Waals surface area contributed by atoms with E-state index < -0.39 is 0 Å². The van der Waals surface area contributed by atoms with Gasteiger partial charge in [0.05, 0.1) is 4.47 Å². The summed E-state index contributed by atoms with van der Waals surface area (Å²) >= 11 is 3.12. The highest BCUT2D eigenvalue weighted by Crippen LogP contribution is 2.20. The Bertz CT molecular complexity index is 338. The third-order valence-corrected chi connectivity index (χ3v) is 2.78. The van der Waals surface area contributed by atoms with Crippen molar-refractivity contribution in [1.29, 1.82) is 0 Å². The van der Waals surface area contributed by atoms with Crippen molar-refractivity contribution in [2.24, 2.45) is 0 Å². The molecule has 3 heteroatoms. The molecule has 1 nitrogen and oxygen atoms in total. The van der Waals surface area contributed by atoms with Gasteiger partial charge in [-0.3, -0.25) is 0 Å². The molecule has 0 aromatic heterocycles. The monoisotopic (exact) mass is 271 g/mol. The minimum Gasteiger partial charge on any atom is -0.382 e. The number of rotatable bonds is 5. The van der Waals surface area contributed by atoms with E-state index in [0.29, 0.717) is 10.5 Å². The van der Waals surface area contributed by atoms with Crippen molar-refractivity contribution < 1.29 is 4.39 Å². The highest BCUT2D eigenvalue weighted by Gasteiger charge is 2.03. The highest BCUT2D eigenvalue weighted by atomic mass is 79.9. The summed E-state index contributed by atoms with van der Waals surface area (Å²) in [6.07, 6.45) is 3.86. The average Bonchev–Trinajstić information content (AvgIpc) is 2.20. The van der Waals surface area contributed by atoms with Gasteiger partial charge >= 0.3 is 0 Å². The molecule has 0 saturated carbocycles. The van der Waals surface area contributed by atoms with Crippen LogP contribution in [0.1, 0.15) is 19.8 Å². The molecule has 1 unspecified atom stereocenters. The van der Waals surface area contributed by atoms with E-state index >= 15 is 0 Å². The number of halogens is 2.